The fraction of sp³-hybridized carbons (Fsp3) is 0.650. The van der Waals surface area contributed by atoms with Gasteiger partial charge in [0.2, 0.25) is 0 Å². The molecule has 0 saturated heterocycles. The van der Waals surface area contributed by atoms with Gasteiger partial charge in [-0.15, -0.1) is 34.2 Å². The van der Waals surface area contributed by atoms with Crippen LogP contribution in [-0.2, 0) is 11.2 Å². The van der Waals surface area contributed by atoms with Crippen molar-refractivity contribution in [2.24, 2.45) is 10.4 Å². The standard InChI is InChI=1S/C20H30N6O.HI/c1-3-27-16-14-15(20(16)10-7-11-20)23-19(21-2)22-12-6-9-18-25-24-17-8-4-5-13-26(17)18;/h4-5,8,13,15-16H,3,6-7,9-12,14H2,1-2H3,(H2,21,22,23);1H. The lowest BCUT2D eigenvalue weighted by Crippen LogP contribution is -2.68. The molecule has 2 N–H and O–H groups in total. The van der Waals surface area contributed by atoms with Crippen LogP contribution in [0.1, 0.15) is 44.9 Å². The van der Waals surface area contributed by atoms with Gasteiger partial charge < -0.3 is 15.4 Å². The summed E-state index contributed by atoms with van der Waals surface area (Å²) in [6.45, 7) is 3.76. The van der Waals surface area contributed by atoms with E-state index in [9.17, 15) is 0 Å². The maximum Gasteiger partial charge on any atom is 0.191 e. The van der Waals surface area contributed by atoms with E-state index in [4.69, 9.17) is 4.74 Å². The molecule has 154 valence electrons. The molecule has 28 heavy (non-hydrogen) atoms. The Morgan fingerprint density at radius 1 is 1.36 bits per heavy atom. The predicted octanol–water partition coefficient (Wildman–Crippen LogP) is 2.79. The summed E-state index contributed by atoms with van der Waals surface area (Å²) in [6, 6.07) is 6.45. The van der Waals surface area contributed by atoms with Crippen LogP contribution in [-0.4, -0.2) is 52.9 Å². The molecule has 2 atom stereocenters. The van der Waals surface area contributed by atoms with Crippen molar-refractivity contribution in [3.8, 4) is 0 Å². The number of aliphatic imine (C=N–C) groups is 1. The van der Waals surface area contributed by atoms with Crippen molar-refractivity contribution in [2.75, 3.05) is 20.2 Å². The van der Waals surface area contributed by atoms with Crippen molar-refractivity contribution in [3.63, 3.8) is 0 Å². The molecule has 0 amide bonds. The van der Waals surface area contributed by atoms with Gasteiger partial charge in [0.15, 0.2) is 11.6 Å². The third kappa shape index (κ3) is 3.98. The summed E-state index contributed by atoms with van der Waals surface area (Å²) in [6.07, 6.45) is 9.25. The molecular formula is C20H31IN6O. The van der Waals surface area contributed by atoms with Crippen LogP contribution >= 0.6 is 24.0 Å². The van der Waals surface area contributed by atoms with E-state index in [2.05, 4.69) is 37.1 Å². The largest absolute Gasteiger partial charge is 0.378 e. The molecule has 2 aromatic rings. The second-order valence-corrected chi connectivity index (χ2v) is 7.61. The average Bonchev–Trinajstić information content (AvgIpc) is 3.04. The highest BCUT2D eigenvalue weighted by Crippen LogP contribution is 2.57. The summed E-state index contributed by atoms with van der Waals surface area (Å²) in [5.41, 5.74) is 1.24. The number of rotatable bonds is 7. The number of ether oxygens (including phenoxy) is 1. The second kappa shape index (κ2) is 9.39. The number of aromatic nitrogens is 3. The number of nitrogens with one attached hydrogen (secondary N) is 2. The van der Waals surface area contributed by atoms with Gasteiger partial charge >= 0.3 is 0 Å². The molecule has 2 saturated carbocycles. The molecule has 2 aliphatic rings. The highest BCUT2D eigenvalue weighted by atomic mass is 127. The van der Waals surface area contributed by atoms with Crippen molar-refractivity contribution < 1.29 is 4.74 Å². The normalized spacial score (nSPS) is 23.0. The quantitative estimate of drug-likeness (QED) is 0.266. The molecule has 0 aliphatic heterocycles. The first-order chi connectivity index (χ1) is 13.3. The molecule has 4 rings (SSSR count). The summed E-state index contributed by atoms with van der Waals surface area (Å²) in [7, 11) is 1.84. The van der Waals surface area contributed by atoms with E-state index in [-0.39, 0.29) is 24.0 Å². The minimum absolute atomic E-state index is 0. The number of hydrogen-bond donors (Lipinski definition) is 2. The minimum Gasteiger partial charge on any atom is -0.378 e. The average molecular weight is 498 g/mol. The SMILES string of the molecule is CCOC1CC(NC(=NC)NCCCc2nnc3ccccn23)C12CCC2.I. The van der Waals surface area contributed by atoms with Crippen LogP contribution in [0.15, 0.2) is 29.4 Å². The lowest BCUT2D eigenvalue weighted by molar-refractivity contribution is -0.168. The number of nitrogens with zero attached hydrogens (tertiary/aromatic N) is 4. The molecule has 2 heterocycles. The number of aryl methyl sites for hydroxylation is 1. The van der Waals surface area contributed by atoms with Crippen molar-refractivity contribution in [3.05, 3.63) is 30.2 Å². The first kappa shape index (κ1) is 21.3. The van der Waals surface area contributed by atoms with Gasteiger partial charge in [-0.3, -0.25) is 9.39 Å². The zero-order valence-corrected chi connectivity index (χ0v) is 19.1. The Labute approximate surface area is 183 Å². The van der Waals surface area contributed by atoms with Crippen molar-refractivity contribution >= 4 is 35.6 Å². The van der Waals surface area contributed by atoms with Crippen molar-refractivity contribution in [2.45, 2.75) is 57.6 Å². The Bertz CT molecular complexity index is 803. The van der Waals surface area contributed by atoms with E-state index in [0.29, 0.717) is 17.6 Å². The Morgan fingerprint density at radius 3 is 2.93 bits per heavy atom. The van der Waals surface area contributed by atoms with Crippen LogP contribution in [0.2, 0.25) is 0 Å². The van der Waals surface area contributed by atoms with Crippen LogP contribution in [0.5, 0.6) is 0 Å². The van der Waals surface area contributed by atoms with Gasteiger partial charge in [-0.2, -0.15) is 0 Å². The van der Waals surface area contributed by atoms with Gasteiger partial charge in [0.05, 0.1) is 6.10 Å². The molecule has 2 unspecified atom stereocenters. The van der Waals surface area contributed by atoms with Crippen LogP contribution in [0.25, 0.3) is 5.65 Å². The second-order valence-electron chi connectivity index (χ2n) is 7.61. The van der Waals surface area contributed by atoms with Crippen LogP contribution in [0.4, 0.5) is 0 Å². The minimum atomic E-state index is 0. The summed E-state index contributed by atoms with van der Waals surface area (Å²) in [5, 5.41) is 15.6. The highest BCUT2D eigenvalue weighted by Gasteiger charge is 2.59. The molecule has 2 aliphatic carbocycles. The number of fused-ring (bicyclic) bond motifs is 1. The van der Waals surface area contributed by atoms with E-state index in [1.165, 1.54) is 19.3 Å². The van der Waals surface area contributed by atoms with E-state index < -0.39 is 0 Å². The Morgan fingerprint density at radius 2 is 2.21 bits per heavy atom. The smallest absolute Gasteiger partial charge is 0.191 e. The predicted molar refractivity (Wildman–Crippen MR) is 121 cm³/mol. The maximum atomic E-state index is 5.94. The topological polar surface area (TPSA) is 75.8 Å². The van der Waals surface area contributed by atoms with Gasteiger partial charge in [-0.1, -0.05) is 12.5 Å². The Kier molecular flexibility index (Phi) is 7.14. The summed E-state index contributed by atoms with van der Waals surface area (Å²) in [4.78, 5) is 4.41. The Balaban J connectivity index is 0.00000225. The highest BCUT2D eigenvalue weighted by molar-refractivity contribution is 14.0. The maximum absolute atomic E-state index is 5.94. The van der Waals surface area contributed by atoms with Crippen molar-refractivity contribution in [1.29, 1.82) is 0 Å². The monoisotopic (exact) mass is 498 g/mol. The summed E-state index contributed by atoms with van der Waals surface area (Å²) in [5.74, 6) is 1.90. The fourth-order valence-corrected chi connectivity index (χ4v) is 4.52. The number of hydrogen-bond acceptors (Lipinski definition) is 4. The van der Waals surface area contributed by atoms with E-state index in [1.54, 1.807) is 0 Å². The van der Waals surface area contributed by atoms with Crippen LogP contribution in [0.3, 0.4) is 0 Å². The molecule has 0 bridgehead atoms. The van der Waals surface area contributed by atoms with Crippen LogP contribution in [0, 0.1) is 5.41 Å². The molecule has 2 aromatic heterocycles. The van der Waals surface area contributed by atoms with Gasteiger partial charge in [0.25, 0.3) is 0 Å². The Hall–Kier alpha value is -1.42. The lowest BCUT2D eigenvalue weighted by atomic mass is 9.51. The summed E-state index contributed by atoms with van der Waals surface area (Å²) < 4.78 is 7.99. The third-order valence-electron chi connectivity index (χ3n) is 6.23. The van der Waals surface area contributed by atoms with Gasteiger partial charge in [-0.25, -0.2) is 0 Å². The molecule has 1 spiro atoms. The third-order valence-corrected chi connectivity index (χ3v) is 6.23. The molecule has 2 fully saturated rings. The number of halogens is 1. The lowest BCUT2D eigenvalue weighted by Gasteiger charge is -2.61. The zero-order chi connectivity index (χ0) is 18.7. The molecule has 0 radical (unpaired) electrons. The summed E-state index contributed by atoms with van der Waals surface area (Å²) >= 11 is 0. The first-order valence-electron chi connectivity index (χ1n) is 10.1. The zero-order valence-electron chi connectivity index (χ0n) is 16.7. The van der Waals surface area contributed by atoms with E-state index in [1.807, 2.05) is 31.4 Å². The molecule has 7 nitrogen and oxygen atoms in total. The molecule has 8 heteroatoms. The van der Waals surface area contributed by atoms with Gasteiger partial charge in [0, 0.05) is 44.3 Å². The first-order valence-corrected chi connectivity index (χ1v) is 10.1. The fourth-order valence-electron chi connectivity index (χ4n) is 4.52. The van der Waals surface area contributed by atoms with E-state index in [0.717, 1.165) is 49.8 Å². The van der Waals surface area contributed by atoms with E-state index >= 15 is 0 Å². The molecule has 0 aromatic carbocycles. The van der Waals surface area contributed by atoms with Crippen LogP contribution < -0.4 is 10.6 Å². The number of guanidine groups is 1. The molecular weight excluding hydrogens is 467 g/mol. The number of pyridine rings is 1. The van der Waals surface area contributed by atoms with Crippen molar-refractivity contribution in [1.82, 2.24) is 25.2 Å². The van der Waals surface area contributed by atoms with Gasteiger partial charge in [0.1, 0.15) is 5.82 Å². The van der Waals surface area contributed by atoms with Gasteiger partial charge in [-0.05, 0) is 44.7 Å².